The Morgan fingerprint density at radius 3 is 1.87 bits per heavy atom. The van der Waals surface area contributed by atoms with E-state index in [-0.39, 0.29) is 0 Å². The molecule has 2 heterocycles. The van der Waals surface area contributed by atoms with Crippen LogP contribution in [0.1, 0.15) is 0 Å². The summed E-state index contributed by atoms with van der Waals surface area (Å²) in [6, 6.07) is 0. The molecule has 0 aromatic rings. The second-order valence-electron chi connectivity index (χ2n) is 5.86. The van der Waals surface area contributed by atoms with E-state index in [2.05, 4.69) is 0 Å². The van der Waals surface area contributed by atoms with E-state index in [1.165, 1.54) is 0 Å². The summed E-state index contributed by atoms with van der Waals surface area (Å²) >= 11 is 0. The third kappa shape index (κ3) is 2.58. The first-order chi connectivity index (χ1) is 10.6. The Morgan fingerprint density at radius 1 is 0.826 bits per heavy atom. The summed E-state index contributed by atoms with van der Waals surface area (Å²) in [5.74, 6) is 0. The molecule has 0 amide bonds. The van der Waals surface area contributed by atoms with Crippen molar-refractivity contribution in [3.05, 3.63) is 0 Å². The highest BCUT2D eigenvalue weighted by Gasteiger charge is 2.70. The number of rotatable bonds is 3. The minimum absolute atomic E-state index is 0.691. The second kappa shape index (κ2) is 6.46. The molecule has 2 fully saturated rings. The predicted octanol–water partition coefficient (Wildman–Crippen LogP) is -6.01. The zero-order chi connectivity index (χ0) is 17.6. The molecule has 11 heteroatoms. The third-order valence-corrected chi connectivity index (χ3v) is 4.60. The fourth-order valence-electron chi connectivity index (χ4n) is 3.00. The summed E-state index contributed by atoms with van der Waals surface area (Å²) in [6.07, 6.45) is -13.2. The average Bonchev–Trinajstić information content (AvgIpc) is 2.54. The Morgan fingerprint density at radius 2 is 1.35 bits per heavy atom. The molecule has 11 nitrogen and oxygen atoms in total. The monoisotopic (exact) mass is 342 g/mol. The lowest BCUT2D eigenvalue weighted by atomic mass is 9.68. The van der Waals surface area contributed by atoms with Gasteiger partial charge in [0.2, 0.25) is 0 Å². The van der Waals surface area contributed by atoms with Crippen molar-refractivity contribution in [1.29, 1.82) is 0 Å². The molecule has 0 radical (unpaired) electrons. The maximum atomic E-state index is 10.6. The van der Waals surface area contributed by atoms with E-state index in [4.69, 9.17) is 19.7 Å². The number of aliphatic hydroxyl groups excluding tert-OH is 7. The molecule has 9 N–H and O–H groups in total. The maximum absolute atomic E-state index is 10.6. The third-order valence-electron chi connectivity index (χ3n) is 4.60. The van der Waals surface area contributed by atoms with Gasteiger partial charge in [-0.25, -0.2) is 0 Å². The molecular weight excluding hydrogens is 320 g/mol. The summed E-state index contributed by atoms with van der Waals surface area (Å²) in [6.45, 7) is -2.37. The normalized spacial score (nSPS) is 54.9. The lowest BCUT2D eigenvalue weighted by molar-refractivity contribution is -0.399. The van der Waals surface area contributed by atoms with Crippen LogP contribution < -0.4 is 0 Å². The van der Waals surface area contributed by atoms with Crippen molar-refractivity contribution in [2.45, 2.75) is 54.1 Å². The molecule has 2 rings (SSSR count). The zero-order valence-electron chi connectivity index (χ0n) is 12.0. The predicted molar refractivity (Wildman–Crippen MR) is 68.7 cm³/mol. The van der Waals surface area contributed by atoms with Crippen molar-refractivity contribution in [3.63, 3.8) is 0 Å². The Balaban J connectivity index is 2.37. The van der Waals surface area contributed by atoms with Crippen molar-refractivity contribution in [2.24, 2.45) is 0 Å². The van der Waals surface area contributed by atoms with Crippen LogP contribution in [0, 0.1) is 0 Å². The molecule has 0 bridgehead atoms. The molecule has 23 heavy (non-hydrogen) atoms. The van der Waals surface area contributed by atoms with Crippen molar-refractivity contribution in [2.75, 3.05) is 19.8 Å². The van der Waals surface area contributed by atoms with Crippen LogP contribution in [0.4, 0.5) is 0 Å². The Bertz CT molecular complexity index is 422. The van der Waals surface area contributed by atoms with Gasteiger partial charge in [-0.15, -0.1) is 0 Å². The van der Waals surface area contributed by atoms with Crippen LogP contribution in [-0.2, 0) is 9.47 Å². The first-order valence-corrected chi connectivity index (χ1v) is 6.99. The Labute approximate surface area is 130 Å². The van der Waals surface area contributed by atoms with Crippen molar-refractivity contribution in [1.82, 2.24) is 0 Å². The first-order valence-electron chi connectivity index (χ1n) is 6.99. The van der Waals surface area contributed by atoms with E-state index < -0.39 is 73.9 Å². The standard InChI is InChI=1S/C12H22O11/c13-1-4-6(15)8(17)11(20,3-22-4)12(21)9(18)7(16)5(2-14)23-10(12)19/h4-10,13-21H,1-3H2/t4-,5-,6-,7-,8+,9+,10+,11+,12+/m1/s1. The number of hydrogen-bond acceptors (Lipinski definition) is 11. The maximum Gasteiger partial charge on any atom is 0.190 e. The van der Waals surface area contributed by atoms with Gasteiger partial charge in [0.15, 0.2) is 17.5 Å². The van der Waals surface area contributed by atoms with Gasteiger partial charge in [-0.3, -0.25) is 0 Å². The van der Waals surface area contributed by atoms with E-state index in [1.807, 2.05) is 0 Å². The van der Waals surface area contributed by atoms with E-state index in [1.54, 1.807) is 0 Å². The van der Waals surface area contributed by atoms with E-state index in [0.29, 0.717) is 0 Å². The highest BCUT2D eigenvalue weighted by atomic mass is 16.7. The Hall–Kier alpha value is -0.440. The molecule has 9 atom stereocenters. The van der Waals surface area contributed by atoms with Crippen molar-refractivity contribution in [3.8, 4) is 0 Å². The van der Waals surface area contributed by atoms with Crippen LogP contribution in [-0.4, -0.2) is 120 Å². The molecule has 0 unspecified atom stereocenters. The SMILES string of the molecule is OC[C@H]1O[C@H](O)[C@](O)([C@]2(O)CO[C@H](CO)[C@@H](O)[C@@H]2O)[C@@H](O)[C@@H]1O. The summed E-state index contributed by atoms with van der Waals surface area (Å²) in [4.78, 5) is 0. The lowest BCUT2D eigenvalue weighted by Crippen LogP contribution is -2.82. The van der Waals surface area contributed by atoms with E-state index in [9.17, 15) is 35.7 Å². The van der Waals surface area contributed by atoms with Crippen molar-refractivity contribution < 1.29 is 55.4 Å². The lowest BCUT2D eigenvalue weighted by Gasteiger charge is -2.56. The number of hydrogen-bond donors (Lipinski definition) is 9. The zero-order valence-corrected chi connectivity index (χ0v) is 12.0. The Kier molecular flexibility index (Phi) is 5.31. The second-order valence-corrected chi connectivity index (χ2v) is 5.86. The smallest absolute Gasteiger partial charge is 0.190 e. The van der Waals surface area contributed by atoms with Gasteiger partial charge in [-0.1, -0.05) is 0 Å². The van der Waals surface area contributed by atoms with Gasteiger partial charge in [0, 0.05) is 0 Å². The minimum Gasteiger partial charge on any atom is -0.394 e. The summed E-state index contributed by atoms with van der Waals surface area (Å²) in [5, 5.41) is 89.0. The molecule has 136 valence electrons. The molecule has 2 saturated heterocycles. The molecule has 0 aromatic carbocycles. The highest BCUT2D eigenvalue weighted by Crippen LogP contribution is 2.42. The van der Waals surface area contributed by atoms with Gasteiger partial charge in [-0.05, 0) is 0 Å². The van der Waals surface area contributed by atoms with Gasteiger partial charge in [0.05, 0.1) is 19.8 Å². The van der Waals surface area contributed by atoms with Crippen LogP contribution in [0.3, 0.4) is 0 Å². The van der Waals surface area contributed by atoms with Gasteiger partial charge < -0.3 is 55.4 Å². The molecular formula is C12H22O11. The summed E-state index contributed by atoms with van der Waals surface area (Å²) in [5.41, 5.74) is -5.88. The van der Waals surface area contributed by atoms with Crippen molar-refractivity contribution >= 4 is 0 Å². The summed E-state index contributed by atoms with van der Waals surface area (Å²) < 4.78 is 9.73. The fourth-order valence-corrected chi connectivity index (χ4v) is 3.00. The van der Waals surface area contributed by atoms with Gasteiger partial charge >= 0.3 is 0 Å². The number of aliphatic hydroxyl groups is 9. The van der Waals surface area contributed by atoms with Crippen LogP contribution in [0.5, 0.6) is 0 Å². The van der Waals surface area contributed by atoms with Gasteiger partial charge in [-0.2, -0.15) is 0 Å². The number of ether oxygens (including phenoxy) is 2. The topological polar surface area (TPSA) is 201 Å². The molecule has 0 aliphatic carbocycles. The molecule has 2 aliphatic rings. The average molecular weight is 342 g/mol. The van der Waals surface area contributed by atoms with Gasteiger partial charge in [0.1, 0.15) is 36.6 Å². The van der Waals surface area contributed by atoms with Crippen LogP contribution >= 0.6 is 0 Å². The van der Waals surface area contributed by atoms with Gasteiger partial charge in [0.25, 0.3) is 0 Å². The molecule has 0 spiro atoms. The van der Waals surface area contributed by atoms with Crippen LogP contribution in [0.15, 0.2) is 0 Å². The molecule has 0 aromatic heterocycles. The molecule has 0 saturated carbocycles. The molecule has 2 aliphatic heterocycles. The fraction of sp³-hybridized carbons (Fsp3) is 1.00. The largest absolute Gasteiger partial charge is 0.394 e. The van der Waals surface area contributed by atoms with E-state index >= 15 is 0 Å². The highest BCUT2D eigenvalue weighted by molar-refractivity contribution is 5.17. The van der Waals surface area contributed by atoms with Crippen LogP contribution in [0.25, 0.3) is 0 Å². The first kappa shape index (κ1) is 18.9. The summed E-state index contributed by atoms with van der Waals surface area (Å²) in [7, 11) is 0. The quantitative estimate of drug-likeness (QED) is 0.236. The van der Waals surface area contributed by atoms with Crippen LogP contribution in [0.2, 0.25) is 0 Å². The van der Waals surface area contributed by atoms with E-state index in [0.717, 1.165) is 0 Å². The minimum atomic E-state index is -3.04.